The number of rotatable bonds is 12. The quantitative estimate of drug-likeness (QED) is 0.120. The summed E-state index contributed by atoms with van der Waals surface area (Å²) >= 11 is 0. The fourth-order valence-electron chi connectivity index (χ4n) is 11.6. The van der Waals surface area contributed by atoms with Crippen LogP contribution in [0.5, 0.6) is 17.2 Å². The molecule has 326 valence electrons. The zero-order valence-corrected chi connectivity index (χ0v) is 37.7. The van der Waals surface area contributed by atoms with Crippen LogP contribution in [-0.2, 0) is 25.5 Å². The summed E-state index contributed by atoms with van der Waals surface area (Å²) in [5.41, 5.74) is 2.26. The molecule has 7 atom stereocenters. The molecule has 12 nitrogen and oxygen atoms in total. The molecule has 0 N–H and O–H groups in total. The van der Waals surface area contributed by atoms with Crippen LogP contribution in [0.4, 0.5) is 5.95 Å². The Balaban J connectivity index is 1.30. The summed E-state index contributed by atoms with van der Waals surface area (Å²) in [6, 6.07) is -0.307. The number of methoxy groups -OCH3 is 1. The number of likely N-dealkylation sites (N-methyl/N-ethyl adjacent to an activating group) is 1. The Labute approximate surface area is 360 Å². The summed E-state index contributed by atoms with van der Waals surface area (Å²) < 4.78 is 36.8. The van der Waals surface area contributed by atoms with Crippen molar-refractivity contribution in [1.82, 2.24) is 19.4 Å². The van der Waals surface area contributed by atoms with E-state index in [2.05, 4.69) is 94.2 Å². The second-order valence-corrected chi connectivity index (χ2v) is 19.7. The van der Waals surface area contributed by atoms with Crippen LogP contribution in [0.3, 0.4) is 0 Å². The van der Waals surface area contributed by atoms with Crippen LogP contribution >= 0.6 is 0 Å². The molecular formula is C49H63N5O7. The van der Waals surface area contributed by atoms with Crippen molar-refractivity contribution in [3.05, 3.63) is 70.1 Å². The lowest BCUT2D eigenvalue weighted by molar-refractivity contribution is -0.206. The van der Waals surface area contributed by atoms with Gasteiger partial charge in [0.2, 0.25) is 5.95 Å². The molecule has 2 aromatic rings. The normalized spacial score (nSPS) is 31.5. The van der Waals surface area contributed by atoms with E-state index in [1.54, 1.807) is 13.1 Å². The molecule has 1 aromatic carbocycles. The fraction of sp³-hybridized carbons (Fsp3) is 0.592. The third-order valence-electron chi connectivity index (χ3n) is 14.7. The van der Waals surface area contributed by atoms with Crippen LogP contribution in [0.2, 0.25) is 0 Å². The van der Waals surface area contributed by atoms with Crippen LogP contribution in [0.25, 0.3) is 6.08 Å². The topological polar surface area (TPSA) is 117 Å². The first-order valence-electron chi connectivity index (χ1n) is 22.3. The molecule has 3 saturated carbocycles. The van der Waals surface area contributed by atoms with E-state index < -0.39 is 40.2 Å². The first kappa shape index (κ1) is 41.8. The van der Waals surface area contributed by atoms with Crippen molar-refractivity contribution >= 4 is 29.5 Å². The molecule has 0 radical (unpaired) electrons. The van der Waals surface area contributed by atoms with Crippen molar-refractivity contribution in [1.29, 1.82) is 0 Å². The molecule has 1 spiro atoms. The number of nitrogens with zero attached hydrogens (tertiary/aromatic N) is 5. The third kappa shape index (κ3) is 6.48. The predicted molar refractivity (Wildman–Crippen MR) is 235 cm³/mol. The van der Waals surface area contributed by atoms with E-state index in [0.29, 0.717) is 42.5 Å². The lowest BCUT2D eigenvalue weighted by atomic mass is 9.44. The number of ketones is 1. The molecule has 8 aliphatic rings. The Morgan fingerprint density at radius 2 is 1.75 bits per heavy atom. The Morgan fingerprint density at radius 3 is 2.48 bits per heavy atom. The van der Waals surface area contributed by atoms with E-state index in [-0.39, 0.29) is 24.2 Å². The molecule has 3 aliphatic carbocycles. The number of hydrogen-bond donors (Lipinski definition) is 0. The van der Waals surface area contributed by atoms with Gasteiger partial charge >= 0.3 is 5.97 Å². The Bertz CT molecular complexity index is 2300. The predicted octanol–water partition coefficient (Wildman–Crippen LogP) is 7.63. The van der Waals surface area contributed by atoms with Crippen molar-refractivity contribution in [3.63, 3.8) is 0 Å². The maximum atomic E-state index is 15.5. The number of aromatic nitrogens is 2. The first-order chi connectivity index (χ1) is 29.0. The zero-order chi connectivity index (χ0) is 43.2. The van der Waals surface area contributed by atoms with Gasteiger partial charge < -0.3 is 33.2 Å². The lowest BCUT2D eigenvalue weighted by Gasteiger charge is -2.64. The number of fused-ring (bicyclic) bond motifs is 4. The van der Waals surface area contributed by atoms with Gasteiger partial charge in [-0.1, -0.05) is 29.4 Å². The standard InChI is InChI=1S/C49H63N5O7/c1-29(2)12-11-17-47(8)18-16-33-40(59-47)32(14-13-30(3)4)42-36(41(33)58-27-26-53-24-22-52(9)23-25-53)38-37-39(54-21-20-50-45(54)51-38)34-28-35-46(6,7)61-48(43(34)55,49(35,37)60-42)19-15-31(5)44(56)57-10/h12-13,15-16,18,20-21,34-35,37,39H,11,14,17,19,22-28H2,1-10H3. The second kappa shape index (κ2) is 15.1. The van der Waals surface area contributed by atoms with Crippen LogP contribution in [0, 0.1) is 17.8 Å². The number of piperazine rings is 1. The molecule has 5 aliphatic heterocycles. The minimum absolute atomic E-state index is 0.00710. The molecule has 1 aromatic heterocycles. The first-order valence-corrected chi connectivity index (χ1v) is 22.3. The van der Waals surface area contributed by atoms with Gasteiger partial charge in [-0.3, -0.25) is 9.69 Å². The van der Waals surface area contributed by atoms with Gasteiger partial charge in [0.1, 0.15) is 29.5 Å². The highest BCUT2D eigenvalue weighted by atomic mass is 16.6. The molecule has 4 bridgehead atoms. The fourth-order valence-corrected chi connectivity index (χ4v) is 11.6. The number of carbonyl (C=O) groups excluding carboxylic acids is 2. The average molecular weight is 834 g/mol. The van der Waals surface area contributed by atoms with E-state index >= 15 is 4.79 Å². The Hall–Kier alpha value is -4.52. The number of aliphatic imine (C=N–C) groups is 1. The number of benzene rings is 1. The number of ether oxygens (including phenoxy) is 5. The number of esters is 1. The van der Waals surface area contributed by atoms with Gasteiger partial charge in [-0.05, 0) is 100 Å². The smallest absolute Gasteiger partial charge is 0.333 e. The maximum Gasteiger partial charge on any atom is 0.333 e. The van der Waals surface area contributed by atoms with Gasteiger partial charge in [0.25, 0.3) is 0 Å². The number of hydrogen-bond acceptors (Lipinski definition) is 11. The van der Waals surface area contributed by atoms with Gasteiger partial charge in [0.05, 0.1) is 41.5 Å². The van der Waals surface area contributed by atoms with Crippen molar-refractivity contribution in [2.45, 2.75) is 116 Å². The van der Waals surface area contributed by atoms with Gasteiger partial charge in [0.15, 0.2) is 17.0 Å². The second-order valence-electron chi connectivity index (χ2n) is 19.7. The highest BCUT2D eigenvalue weighted by Gasteiger charge is 2.85. The van der Waals surface area contributed by atoms with E-state index in [1.807, 2.05) is 12.3 Å². The highest BCUT2D eigenvalue weighted by Crippen LogP contribution is 2.73. The molecule has 2 saturated heterocycles. The molecule has 5 fully saturated rings. The van der Waals surface area contributed by atoms with E-state index in [1.165, 1.54) is 12.7 Å². The van der Waals surface area contributed by atoms with Crippen molar-refractivity contribution in [2.24, 2.45) is 22.7 Å². The Kier molecular flexibility index (Phi) is 10.3. The van der Waals surface area contributed by atoms with E-state index in [9.17, 15) is 4.79 Å². The minimum Gasteiger partial charge on any atom is -0.491 e. The van der Waals surface area contributed by atoms with E-state index in [4.69, 9.17) is 33.7 Å². The largest absolute Gasteiger partial charge is 0.491 e. The summed E-state index contributed by atoms with van der Waals surface area (Å²) in [6.07, 6.45) is 17.3. The van der Waals surface area contributed by atoms with Crippen molar-refractivity contribution in [3.8, 4) is 17.2 Å². The monoisotopic (exact) mass is 833 g/mol. The zero-order valence-electron chi connectivity index (χ0n) is 37.7. The van der Waals surface area contributed by atoms with Crippen LogP contribution < -0.4 is 14.2 Å². The summed E-state index contributed by atoms with van der Waals surface area (Å²) in [7, 11) is 3.54. The van der Waals surface area contributed by atoms with Crippen molar-refractivity contribution in [2.75, 3.05) is 53.5 Å². The number of imidazole rings is 1. The average Bonchev–Trinajstić information content (AvgIpc) is 3.74. The maximum absolute atomic E-state index is 15.5. The van der Waals surface area contributed by atoms with Crippen LogP contribution in [0.15, 0.2) is 58.4 Å². The molecule has 7 unspecified atom stereocenters. The molecule has 10 rings (SSSR count). The number of carbonyl (C=O) groups is 2. The minimum atomic E-state index is -1.43. The molecular weight excluding hydrogens is 771 g/mol. The SMILES string of the molecule is COC(=O)C(C)=CCC12OC(C)(C)C3CC(C1=O)C1C4C(=Nc5nccn51)c1c(OCCN5CCN(C)CC5)c5c(c(CC=C(C)C)c1OC432)OC(C)(CCC=C(C)C)C=C5. The van der Waals surface area contributed by atoms with Gasteiger partial charge in [-0.15, -0.1) is 0 Å². The lowest BCUT2D eigenvalue weighted by Crippen LogP contribution is -2.79. The summed E-state index contributed by atoms with van der Waals surface area (Å²) in [6.45, 7) is 21.7. The molecule has 12 heteroatoms. The van der Waals surface area contributed by atoms with Gasteiger partial charge in [0, 0.05) is 74.5 Å². The van der Waals surface area contributed by atoms with Crippen LogP contribution in [0.1, 0.15) is 104 Å². The van der Waals surface area contributed by atoms with Gasteiger partial charge in [-0.2, -0.15) is 0 Å². The molecule has 6 heterocycles. The summed E-state index contributed by atoms with van der Waals surface area (Å²) in [4.78, 5) is 43.5. The van der Waals surface area contributed by atoms with Crippen LogP contribution in [-0.4, -0.2) is 113 Å². The third-order valence-corrected chi connectivity index (χ3v) is 14.7. The number of Topliss-reactive ketones (excluding diaryl/α,β-unsaturated/α-hetero) is 1. The van der Waals surface area contributed by atoms with Crippen molar-refractivity contribution < 1.29 is 33.3 Å². The molecule has 61 heavy (non-hydrogen) atoms. The Morgan fingerprint density at radius 1 is 1.00 bits per heavy atom. The highest BCUT2D eigenvalue weighted by molar-refractivity contribution is 6.14. The molecule has 0 amide bonds. The summed E-state index contributed by atoms with van der Waals surface area (Å²) in [5.74, 6) is 1.17. The van der Waals surface area contributed by atoms with Gasteiger partial charge in [-0.25, -0.2) is 14.8 Å². The summed E-state index contributed by atoms with van der Waals surface area (Å²) in [5, 5.41) is 0. The number of allylic oxidation sites excluding steroid dienone is 4. The van der Waals surface area contributed by atoms with E-state index in [0.717, 1.165) is 79.3 Å².